The molecule has 22 heavy (non-hydrogen) atoms. The van der Waals surface area contributed by atoms with Crippen LogP contribution in [0.25, 0.3) is 0 Å². The molecule has 4 nitrogen and oxygen atoms in total. The second-order valence-electron chi connectivity index (χ2n) is 4.75. The number of hydrogen-bond acceptors (Lipinski definition) is 2. The molecule has 0 aromatic heterocycles. The summed E-state index contributed by atoms with van der Waals surface area (Å²) in [4.78, 5) is 23.7. The van der Waals surface area contributed by atoms with Crippen LogP contribution in [-0.4, -0.2) is 11.8 Å². The minimum atomic E-state index is -0.395. The summed E-state index contributed by atoms with van der Waals surface area (Å²) in [6, 6.07) is 12.2. The largest absolute Gasteiger partial charge is 0.326 e. The maximum Gasteiger partial charge on any atom is 0.233 e. The molecule has 0 radical (unpaired) electrons. The van der Waals surface area contributed by atoms with Crippen LogP contribution in [0.1, 0.15) is 12.0 Å². The molecule has 0 saturated heterocycles. The fraction of sp³-hybridized carbons (Fsp3) is 0.125. The van der Waals surface area contributed by atoms with Crippen LogP contribution < -0.4 is 10.6 Å². The van der Waals surface area contributed by atoms with Crippen molar-refractivity contribution in [2.75, 3.05) is 10.6 Å². The van der Waals surface area contributed by atoms with E-state index in [0.717, 1.165) is 10.0 Å². The molecule has 0 saturated carbocycles. The van der Waals surface area contributed by atoms with Gasteiger partial charge in [0.05, 0.1) is 0 Å². The molecule has 2 aromatic carbocycles. The standard InChI is InChI=1S/C16H14BrClN2O2/c1-10-7-13(5-6-14(10)17)20-16(22)9-15(21)19-12-4-2-3-11(18)8-12/h2-8H,9H2,1H3,(H,19,21)(H,20,22). The number of carbonyl (C=O) groups is 2. The lowest BCUT2D eigenvalue weighted by molar-refractivity contribution is -0.123. The van der Waals surface area contributed by atoms with E-state index in [1.54, 1.807) is 30.3 Å². The Balaban J connectivity index is 1.91. The van der Waals surface area contributed by atoms with Gasteiger partial charge in [0, 0.05) is 20.9 Å². The molecule has 0 spiro atoms. The maximum atomic E-state index is 11.9. The highest BCUT2D eigenvalue weighted by atomic mass is 79.9. The zero-order chi connectivity index (χ0) is 16.1. The highest BCUT2D eigenvalue weighted by Gasteiger charge is 2.10. The number of carbonyl (C=O) groups excluding carboxylic acids is 2. The first-order valence-corrected chi connectivity index (χ1v) is 7.72. The topological polar surface area (TPSA) is 58.2 Å². The summed E-state index contributed by atoms with van der Waals surface area (Å²) in [7, 11) is 0. The SMILES string of the molecule is Cc1cc(NC(=O)CC(=O)Nc2cccc(Cl)c2)ccc1Br. The molecule has 6 heteroatoms. The van der Waals surface area contributed by atoms with Gasteiger partial charge in [0.25, 0.3) is 0 Å². The molecule has 0 heterocycles. The Labute approximate surface area is 142 Å². The van der Waals surface area contributed by atoms with Gasteiger partial charge in [-0.15, -0.1) is 0 Å². The van der Waals surface area contributed by atoms with Crippen LogP contribution in [0.5, 0.6) is 0 Å². The first-order chi connectivity index (χ1) is 10.4. The number of halogens is 2. The van der Waals surface area contributed by atoms with E-state index in [1.807, 2.05) is 19.1 Å². The van der Waals surface area contributed by atoms with Crippen LogP contribution in [0.2, 0.25) is 5.02 Å². The Morgan fingerprint density at radius 2 is 1.68 bits per heavy atom. The fourth-order valence-corrected chi connectivity index (χ4v) is 2.28. The second-order valence-corrected chi connectivity index (χ2v) is 6.04. The normalized spacial score (nSPS) is 10.1. The molecule has 2 aromatic rings. The molecule has 0 aliphatic carbocycles. The molecule has 0 atom stereocenters. The van der Waals surface area contributed by atoms with Gasteiger partial charge in [-0.1, -0.05) is 33.6 Å². The average Bonchev–Trinajstić information content (AvgIpc) is 2.42. The summed E-state index contributed by atoms with van der Waals surface area (Å²) in [5.74, 6) is -0.769. The number of hydrogen-bond donors (Lipinski definition) is 2. The number of amides is 2. The third-order valence-electron chi connectivity index (χ3n) is 2.87. The van der Waals surface area contributed by atoms with Crippen LogP contribution in [-0.2, 0) is 9.59 Å². The summed E-state index contributed by atoms with van der Waals surface area (Å²) in [6.07, 6.45) is -0.262. The number of benzene rings is 2. The maximum absolute atomic E-state index is 11.9. The minimum absolute atomic E-state index is 0.262. The van der Waals surface area contributed by atoms with Gasteiger partial charge in [-0.25, -0.2) is 0 Å². The summed E-state index contributed by atoms with van der Waals surface area (Å²) in [5.41, 5.74) is 2.22. The van der Waals surface area contributed by atoms with Gasteiger partial charge >= 0.3 is 0 Å². The molecule has 0 fully saturated rings. The van der Waals surface area contributed by atoms with Crippen molar-refractivity contribution in [3.8, 4) is 0 Å². The average molecular weight is 382 g/mol. The summed E-state index contributed by atoms with van der Waals surface area (Å²) >= 11 is 9.23. The Morgan fingerprint density at radius 1 is 1.05 bits per heavy atom. The van der Waals surface area contributed by atoms with Crippen molar-refractivity contribution >= 4 is 50.7 Å². The van der Waals surface area contributed by atoms with Crippen molar-refractivity contribution < 1.29 is 9.59 Å². The number of nitrogens with one attached hydrogen (secondary N) is 2. The van der Waals surface area contributed by atoms with Crippen LogP contribution in [0.15, 0.2) is 46.9 Å². The molecule has 0 unspecified atom stereocenters. The Morgan fingerprint density at radius 3 is 2.27 bits per heavy atom. The van der Waals surface area contributed by atoms with Crippen LogP contribution >= 0.6 is 27.5 Å². The van der Waals surface area contributed by atoms with Crippen molar-refractivity contribution in [1.82, 2.24) is 0 Å². The Hall–Kier alpha value is -1.85. The lowest BCUT2D eigenvalue weighted by atomic mass is 10.2. The van der Waals surface area contributed by atoms with Crippen LogP contribution in [0.3, 0.4) is 0 Å². The molecule has 2 amide bonds. The van der Waals surface area contributed by atoms with Crippen LogP contribution in [0.4, 0.5) is 11.4 Å². The molecule has 114 valence electrons. The monoisotopic (exact) mass is 380 g/mol. The van der Waals surface area contributed by atoms with Gasteiger partial charge in [-0.2, -0.15) is 0 Å². The van der Waals surface area contributed by atoms with E-state index in [2.05, 4.69) is 26.6 Å². The molecule has 0 aliphatic heterocycles. The smallest absolute Gasteiger partial charge is 0.233 e. The van der Waals surface area contributed by atoms with Crippen molar-refractivity contribution in [3.05, 3.63) is 57.5 Å². The van der Waals surface area contributed by atoms with E-state index in [9.17, 15) is 9.59 Å². The number of aryl methyl sites for hydroxylation is 1. The van der Waals surface area contributed by atoms with Gasteiger partial charge in [-0.05, 0) is 48.9 Å². The highest BCUT2D eigenvalue weighted by Crippen LogP contribution is 2.20. The number of anilines is 2. The summed E-state index contributed by atoms with van der Waals surface area (Å²) in [6.45, 7) is 1.92. The lowest BCUT2D eigenvalue weighted by Gasteiger charge is -2.08. The van der Waals surface area contributed by atoms with Gasteiger partial charge in [-0.3, -0.25) is 9.59 Å². The third-order valence-corrected chi connectivity index (χ3v) is 4.00. The first kappa shape index (κ1) is 16.5. The van der Waals surface area contributed by atoms with Crippen LogP contribution in [0, 0.1) is 6.92 Å². The zero-order valence-corrected chi connectivity index (χ0v) is 14.2. The summed E-state index contributed by atoms with van der Waals surface area (Å²) in [5, 5.41) is 5.84. The molecule has 2 N–H and O–H groups in total. The molecular formula is C16H14BrClN2O2. The zero-order valence-electron chi connectivity index (χ0n) is 11.8. The third kappa shape index (κ3) is 4.86. The van der Waals surface area contributed by atoms with Crippen molar-refractivity contribution in [3.63, 3.8) is 0 Å². The molecular weight excluding hydrogens is 368 g/mol. The summed E-state index contributed by atoms with van der Waals surface area (Å²) < 4.78 is 0.962. The van der Waals surface area contributed by atoms with Crippen molar-refractivity contribution in [2.24, 2.45) is 0 Å². The fourth-order valence-electron chi connectivity index (χ4n) is 1.84. The number of rotatable bonds is 4. The molecule has 0 bridgehead atoms. The van der Waals surface area contributed by atoms with E-state index >= 15 is 0 Å². The highest BCUT2D eigenvalue weighted by molar-refractivity contribution is 9.10. The lowest BCUT2D eigenvalue weighted by Crippen LogP contribution is -2.21. The van der Waals surface area contributed by atoms with E-state index in [4.69, 9.17) is 11.6 Å². The molecule has 2 rings (SSSR count). The Kier molecular flexibility index (Phi) is 5.57. The Bertz CT molecular complexity index is 719. The van der Waals surface area contributed by atoms with E-state index in [1.165, 1.54) is 0 Å². The second kappa shape index (κ2) is 7.42. The van der Waals surface area contributed by atoms with Crippen molar-refractivity contribution in [2.45, 2.75) is 13.3 Å². The van der Waals surface area contributed by atoms with Gasteiger partial charge in [0.15, 0.2) is 0 Å². The minimum Gasteiger partial charge on any atom is -0.326 e. The quantitative estimate of drug-likeness (QED) is 0.772. The van der Waals surface area contributed by atoms with Gasteiger partial charge in [0.2, 0.25) is 11.8 Å². The predicted molar refractivity (Wildman–Crippen MR) is 92.2 cm³/mol. The van der Waals surface area contributed by atoms with Crippen molar-refractivity contribution in [1.29, 1.82) is 0 Å². The van der Waals surface area contributed by atoms with E-state index < -0.39 is 5.91 Å². The van der Waals surface area contributed by atoms with E-state index in [-0.39, 0.29) is 12.3 Å². The van der Waals surface area contributed by atoms with E-state index in [0.29, 0.717) is 16.4 Å². The van der Waals surface area contributed by atoms with Gasteiger partial charge in [0.1, 0.15) is 6.42 Å². The predicted octanol–water partition coefficient (Wildman–Crippen LogP) is 4.38. The first-order valence-electron chi connectivity index (χ1n) is 6.55. The van der Waals surface area contributed by atoms with Gasteiger partial charge < -0.3 is 10.6 Å². The molecule has 0 aliphatic rings.